The number of amides is 1. The number of fused-ring (bicyclic) bond motifs is 1. The summed E-state index contributed by atoms with van der Waals surface area (Å²) in [6.07, 6.45) is 0.843. The fourth-order valence-electron chi connectivity index (χ4n) is 4.02. The molecule has 3 aromatic rings. The average molecular weight is 457 g/mol. The maximum atomic E-state index is 12.8. The van der Waals surface area contributed by atoms with Crippen molar-refractivity contribution in [2.24, 2.45) is 0 Å². The first-order valence-corrected chi connectivity index (χ1v) is 11.4. The van der Waals surface area contributed by atoms with Crippen LogP contribution in [0.4, 0.5) is 0 Å². The van der Waals surface area contributed by atoms with E-state index in [0.717, 1.165) is 29.8 Å². The van der Waals surface area contributed by atoms with E-state index in [4.69, 9.17) is 21.1 Å². The minimum Gasteiger partial charge on any atom is -0.493 e. The van der Waals surface area contributed by atoms with E-state index < -0.39 is 0 Å². The molecule has 1 amide bonds. The molecule has 4 rings (SSSR count). The lowest BCUT2D eigenvalue weighted by Gasteiger charge is -2.37. The summed E-state index contributed by atoms with van der Waals surface area (Å²) >= 11 is 7.91. The molecule has 0 saturated heterocycles. The number of thiophene rings is 1. The van der Waals surface area contributed by atoms with Crippen molar-refractivity contribution >= 4 is 28.8 Å². The van der Waals surface area contributed by atoms with Gasteiger partial charge in [-0.1, -0.05) is 35.9 Å². The van der Waals surface area contributed by atoms with E-state index in [0.29, 0.717) is 23.9 Å². The van der Waals surface area contributed by atoms with E-state index in [2.05, 4.69) is 27.7 Å². The van der Waals surface area contributed by atoms with Crippen molar-refractivity contribution in [3.05, 3.63) is 80.5 Å². The molecule has 1 aliphatic heterocycles. The number of halogens is 1. The third-order valence-corrected chi connectivity index (χ3v) is 6.86. The second kappa shape index (κ2) is 9.73. The Labute approximate surface area is 191 Å². The first-order valence-electron chi connectivity index (χ1n) is 10.1. The molecule has 0 saturated carbocycles. The number of nitrogens with one attached hydrogen (secondary N) is 1. The molecule has 5 nitrogen and oxygen atoms in total. The van der Waals surface area contributed by atoms with E-state index in [9.17, 15) is 4.79 Å². The third kappa shape index (κ3) is 4.71. The highest BCUT2D eigenvalue weighted by Crippen LogP contribution is 2.42. The maximum absolute atomic E-state index is 12.8. The van der Waals surface area contributed by atoms with Crippen LogP contribution >= 0.6 is 22.9 Å². The van der Waals surface area contributed by atoms with Gasteiger partial charge in [0.1, 0.15) is 0 Å². The Bertz CT molecular complexity index is 1050. The van der Waals surface area contributed by atoms with Gasteiger partial charge in [-0.05, 0) is 52.8 Å². The van der Waals surface area contributed by atoms with Crippen molar-refractivity contribution in [2.45, 2.75) is 19.0 Å². The van der Waals surface area contributed by atoms with Crippen LogP contribution in [0.1, 0.15) is 27.6 Å². The number of benzene rings is 2. The molecule has 1 N–H and O–H groups in total. The zero-order chi connectivity index (χ0) is 21.8. The highest BCUT2D eigenvalue weighted by Gasteiger charge is 2.32. The number of hydrogen-bond donors (Lipinski definition) is 1. The fraction of sp³-hybridized carbons (Fsp3) is 0.292. The van der Waals surface area contributed by atoms with E-state index in [-0.39, 0.29) is 11.9 Å². The normalized spacial score (nSPS) is 15.9. The van der Waals surface area contributed by atoms with E-state index >= 15 is 0 Å². The monoisotopic (exact) mass is 456 g/mol. The van der Waals surface area contributed by atoms with Crippen molar-refractivity contribution < 1.29 is 14.3 Å². The molecule has 162 valence electrons. The van der Waals surface area contributed by atoms with Gasteiger partial charge >= 0.3 is 0 Å². The lowest BCUT2D eigenvalue weighted by molar-refractivity contribution is -0.122. The molecular formula is C24H25ClN2O3S. The van der Waals surface area contributed by atoms with Crippen molar-refractivity contribution in [1.29, 1.82) is 0 Å². The molecule has 0 bridgehead atoms. The van der Waals surface area contributed by atoms with Gasteiger partial charge in [0, 0.05) is 23.0 Å². The maximum Gasteiger partial charge on any atom is 0.234 e. The zero-order valence-corrected chi connectivity index (χ0v) is 19.1. The molecule has 1 unspecified atom stereocenters. The van der Waals surface area contributed by atoms with E-state index in [1.807, 2.05) is 36.4 Å². The second-order valence-corrected chi connectivity index (χ2v) is 8.80. The van der Waals surface area contributed by atoms with E-state index in [1.54, 1.807) is 25.6 Å². The Hall–Kier alpha value is -2.54. The Kier molecular flexibility index (Phi) is 6.80. The van der Waals surface area contributed by atoms with Gasteiger partial charge in [-0.15, -0.1) is 11.3 Å². The first kappa shape index (κ1) is 21.7. The molecule has 0 spiro atoms. The first-order chi connectivity index (χ1) is 15.1. The predicted molar refractivity (Wildman–Crippen MR) is 124 cm³/mol. The zero-order valence-electron chi connectivity index (χ0n) is 17.6. The molecule has 7 heteroatoms. The van der Waals surface area contributed by atoms with Gasteiger partial charge in [-0.3, -0.25) is 9.69 Å². The Morgan fingerprint density at radius 2 is 1.94 bits per heavy atom. The molecule has 31 heavy (non-hydrogen) atoms. The van der Waals surface area contributed by atoms with Crippen LogP contribution in [0.15, 0.2) is 53.9 Å². The molecule has 2 heterocycles. The summed E-state index contributed by atoms with van der Waals surface area (Å²) in [6.45, 7) is 1.50. The van der Waals surface area contributed by atoms with Crippen LogP contribution in [-0.4, -0.2) is 38.1 Å². The Morgan fingerprint density at radius 3 is 2.65 bits per heavy atom. The predicted octanol–water partition coefficient (Wildman–Crippen LogP) is 4.68. The Balaban J connectivity index is 1.56. The summed E-state index contributed by atoms with van der Waals surface area (Å²) in [4.78, 5) is 16.2. The highest BCUT2D eigenvalue weighted by atomic mass is 35.5. The van der Waals surface area contributed by atoms with Gasteiger partial charge in [-0.2, -0.15) is 0 Å². The van der Waals surface area contributed by atoms with Crippen molar-refractivity contribution in [3.8, 4) is 11.5 Å². The number of ether oxygens (including phenoxy) is 2. The van der Waals surface area contributed by atoms with Gasteiger partial charge in [0.15, 0.2) is 11.5 Å². The van der Waals surface area contributed by atoms with Gasteiger partial charge in [0.05, 0.1) is 26.8 Å². The van der Waals surface area contributed by atoms with Crippen LogP contribution in [0.3, 0.4) is 0 Å². The smallest absolute Gasteiger partial charge is 0.234 e. The van der Waals surface area contributed by atoms with Crippen LogP contribution in [0.25, 0.3) is 0 Å². The quantitative estimate of drug-likeness (QED) is 0.560. The molecule has 0 radical (unpaired) electrons. The fourth-order valence-corrected chi connectivity index (χ4v) is 5.10. The van der Waals surface area contributed by atoms with Crippen molar-refractivity contribution in [2.75, 3.05) is 27.3 Å². The number of carbonyl (C=O) groups excluding carboxylic acids is 1. The SMILES string of the molecule is COc1cc2c(cc1OC)C(c1cccs1)N(CC(=O)NCc1ccccc1Cl)CC2. The lowest BCUT2D eigenvalue weighted by Crippen LogP contribution is -2.42. The molecule has 1 aliphatic rings. The third-order valence-electron chi connectivity index (χ3n) is 5.57. The molecule has 1 aromatic heterocycles. The molecule has 0 aliphatic carbocycles. The topological polar surface area (TPSA) is 50.8 Å². The molecular weight excluding hydrogens is 432 g/mol. The van der Waals surface area contributed by atoms with E-state index in [1.165, 1.54) is 10.4 Å². The number of carbonyl (C=O) groups is 1. The van der Waals surface area contributed by atoms with Gasteiger partial charge < -0.3 is 14.8 Å². The van der Waals surface area contributed by atoms with Crippen LogP contribution in [0.5, 0.6) is 11.5 Å². The Morgan fingerprint density at radius 1 is 1.16 bits per heavy atom. The largest absolute Gasteiger partial charge is 0.493 e. The van der Waals surface area contributed by atoms with Gasteiger partial charge in [0.2, 0.25) is 5.91 Å². The van der Waals surface area contributed by atoms with Crippen LogP contribution < -0.4 is 14.8 Å². The number of methoxy groups -OCH3 is 2. The summed E-state index contributed by atoms with van der Waals surface area (Å²) < 4.78 is 11.0. The number of hydrogen-bond acceptors (Lipinski definition) is 5. The molecule has 0 fully saturated rings. The summed E-state index contributed by atoms with van der Waals surface area (Å²) in [6, 6.07) is 15.8. The lowest BCUT2D eigenvalue weighted by atomic mass is 9.91. The summed E-state index contributed by atoms with van der Waals surface area (Å²) in [5.74, 6) is 1.41. The summed E-state index contributed by atoms with van der Waals surface area (Å²) in [7, 11) is 3.30. The molecule has 1 atom stereocenters. The minimum absolute atomic E-state index is 0.00498. The average Bonchev–Trinajstić information content (AvgIpc) is 3.31. The highest BCUT2D eigenvalue weighted by molar-refractivity contribution is 7.10. The second-order valence-electron chi connectivity index (χ2n) is 7.41. The molecule has 2 aromatic carbocycles. The minimum atomic E-state index is -0.0228. The number of nitrogens with zero attached hydrogens (tertiary/aromatic N) is 1. The van der Waals surface area contributed by atoms with Crippen LogP contribution in [0.2, 0.25) is 5.02 Å². The summed E-state index contributed by atoms with van der Waals surface area (Å²) in [5.41, 5.74) is 3.29. The van der Waals surface area contributed by atoms with Gasteiger partial charge in [0.25, 0.3) is 0 Å². The van der Waals surface area contributed by atoms with Crippen molar-refractivity contribution in [1.82, 2.24) is 10.2 Å². The standard InChI is InChI=1S/C24H25ClN2O3S/c1-29-20-12-16-9-10-27(15-23(28)26-14-17-6-3-4-7-19(17)25)24(22-8-5-11-31-22)18(16)13-21(20)30-2/h3-8,11-13,24H,9-10,14-15H2,1-2H3,(H,26,28). The van der Waals surface area contributed by atoms with Crippen molar-refractivity contribution in [3.63, 3.8) is 0 Å². The van der Waals surface area contributed by atoms with Gasteiger partial charge in [-0.25, -0.2) is 0 Å². The van der Waals surface area contributed by atoms with Crippen LogP contribution in [-0.2, 0) is 17.8 Å². The van der Waals surface area contributed by atoms with Crippen LogP contribution in [0, 0.1) is 0 Å². The number of rotatable bonds is 7. The summed E-state index contributed by atoms with van der Waals surface area (Å²) in [5, 5.41) is 5.74.